The Bertz CT molecular complexity index is 1090. The first kappa shape index (κ1) is 18.3. The van der Waals surface area contributed by atoms with E-state index in [0.717, 1.165) is 6.54 Å². The van der Waals surface area contributed by atoms with Crippen molar-refractivity contribution < 1.29 is 19.7 Å². The Morgan fingerprint density at radius 3 is 2.57 bits per heavy atom. The Morgan fingerprint density at radius 1 is 1.18 bits per heavy atom. The number of rotatable bonds is 3. The third kappa shape index (κ3) is 2.89. The first-order chi connectivity index (χ1) is 13.4. The van der Waals surface area contributed by atoms with Gasteiger partial charge in [-0.2, -0.15) is 0 Å². The van der Waals surface area contributed by atoms with Crippen LogP contribution in [0.15, 0.2) is 45.6 Å². The number of phenolic OH excluding ortho intramolecular Hbond substituents is 2. The van der Waals surface area contributed by atoms with Gasteiger partial charge in [0.15, 0.2) is 5.43 Å². The Hall–Kier alpha value is -3.03. The van der Waals surface area contributed by atoms with Gasteiger partial charge in [-0.05, 0) is 44.3 Å². The number of nitrogens with zero attached hydrogens (tertiary/aromatic N) is 1. The van der Waals surface area contributed by atoms with Crippen LogP contribution in [0.1, 0.15) is 17.9 Å². The summed E-state index contributed by atoms with van der Waals surface area (Å²) >= 11 is 0. The van der Waals surface area contributed by atoms with Gasteiger partial charge in [0, 0.05) is 40.9 Å². The van der Waals surface area contributed by atoms with Gasteiger partial charge in [-0.3, -0.25) is 4.79 Å². The van der Waals surface area contributed by atoms with Crippen molar-refractivity contribution in [3.63, 3.8) is 0 Å². The first-order valence-electron chi connectivity index (χ1n) is 9.10. The lowest BCUT2D eigenvalue weighted by atomic mass is 9.89. The average molecular weight is 382 g/mol. The molecule has 1 aliphatic heterocycles. The normalized spacial score (nSPS) is 20.1. The summed E-state index contributed by atoms with van der Waals surface area (Å²) in [6.45, 7) is 0.643. The van der Waals surface area contributed by atoms with Crippen molar-refractivity contribution in [3.8, 4) is 22.8 Å². The highest BCUT2D eigenvalue weighted by atomic mass is 16.3. The molecule has 5 N–H and O–H groups in total. The molecule has 1 aromatic heterocycles. The average Bonchev–Trinajstić information content (AvgIpc) is 3.01. The van der Waals surface area contributed by atoms with Gasteiger partial charge < -0.3 is 30.4 Å². The topological polar surface area (TPSA) is 120 Å². The summed E-state index contributed by atoms with van der Waals surface area (Å²) in [7, 11) is 1.90. The van der Waals surface area contributed by atoms with Crippen molar-refractivity contribution in [1.82, 2.24) is 4.90 Å². The fourth-order valence-electron chi connectivity index (χ4n) is 4.08. The lowest BCUT2D eigenvalue weighted by Gasteiger charge is -2.24. The van der Waals surface area contributed by atoms with Gasteiger partial charge in [0.25, 0.3) is 0 Å². The number of likely N-dealkylation sites (tertiary alicyclic amines) is 1. The highest BCUT2D eigenvalue weighted by Crippen LogP contribution is 2.44. The van der Waals surface area contributed by atoms with Crippen LogP contribution in [0, 0.1) is 0 Å². The predicted octanol–water partition coefficient (Wildman–Crippen LogP) is 2.23. The smallest absolute Gasteiger partial charge is 0.197 e. The Labute approximate surface area is 161 Å². The molecule has 3 aromatic rings. The summed E-state index contributed by atoms with van der Waals surface area (Å²) in [4.78, 5) is 14.8. The molecule has 0 aliphatic carbocycles. The number of hydrogen-bond donors (Lipinski definition) is 4. The molecule has 28 heavy (non-hydrogen) atoms. The van der Waals surface area contributed by atoms with Crippen molar-refractivity contribution in [2.75, 3.05) is 25.9 Å². The second-order valence-electron chi connectivity index (χ2n) is 7.26. The zero-order valence-electron chi connectivity index (χ0n) is 15.4. The van der Waals surface area contributed by atoms with Crippen LogP contribution in [0.5, 0.6) is 11.5 Å². The fourth-order valence-corrected chi connectivity index (χ4v) is 4.08. The van der Waals surface area contributed by atoms with Crippen molar-refractivity contribution in [1.29, 1.82) is 0 Å². The predicted molar refractivity (Wildman–Crippen MR) is 107 cm³/mol. The minimum absolute atomic E-state index is 0.0261. The van der Waals surface area contributed by atoms with Crippen LogP contribution >= 0.6 is 0 Å². The molecule has 1 fully saturated rings. The van der Waals surface area contributed by atoms with E-state index in [2.05, 4.69) is 0 Å². The van der Waals surface area contributed by atoms with Gasteiger partial charge in [0.1, 0.15) is 28.2 Å². The molecule has 2 heterocycles. The molecule has 7 nitrogen and oxygen atoms in total. The number of aliphatic hydroxyl groups is 1. The lowest BCUT2D eigenvalue weighted by Crippen LogP contribution is -2.32. The van der Waals surface area contributed by atoms with Gasteiger partial charge in [-0.25, -0.2) is 0 Å². The Kier molecular flexibility index (Phi) is 4.49. The maximum Gasteiger partial charge on any atom is 0.197 e. The summed E-state index contributed by atoms with van der Waals surface area (Å²) in [5.74, 6) is -0.402. The SMILES string of the molecule is CN1CC[C@@H](c2c(O)cc(O)c3c(=O)cc(-c4ccc(N)cc4)oc23)[C@@H]1CO. The first-order valence-corrected chi connectivity index (χ1v) is 9.10. The van der Waals surface area contributed by atoms with E-state index >= 15 is 0 Å². The van der Waals surface area contributed by atoms with Crippen molar-refractivity contribution in [2.45, 2.75) is 18.4 Å². The van der Waals surface area contributed by atoms with Gasteiger partial charge >= 0.3 is 0 Å². The molecule has 2 atom stereocenters. The molecule has 1 saturated heterocycles. The van der Waals surface area contributed by atoms with Crippen LogP contribution in [0.2, 0.25) is 0 Å². The van der Waals surface area contributed by atoms with E-state index < -0.39 is 5.43 Å². The van der Waals surface area contributed by atoms with Gasteiger partial charge in [-0.15, -0.1) is 0 Å². The van der Waals surface area contributed by atoms with Crippen LogP contribution in [0.3, 0.4) is 0 Å². The number of fused-ring (bicyclic) bond motifs is 1. The van der Waals surface area contributed by atoms with Crippen LogP contribution in [-0.4, -0.2) is 46.5 Å². The van der Waals surface area contributed by atoms with E-state index in [1.165, 1.54) is 12.1 Å². The lowest BCUT2D eigenvalue weighted by molar-refractivity contribution is 0.172. The molecule has 146 valence electrons. The fraction of sp³-hybridized carbons (Fsp3) is 0.286. The summed E-state index contributed by atoms with van der Waals surface area (Å²) < 4.78 is 6.04. The molecular formula is C21H22N2O5. The minimum atomic E-state index is -0.404. The number of phenols is 2. The molecule has 0 spiro atoms. The molecule has 0 radical (unpaired) electrons. The third-order valence-corrected chi connectivity index (χ3v) is 5.57. The number of hydrogen-bond acceptors (Lipinski definition) is 7. The van der Waals surface area contributed by atoms with Crippen LogP contribution in [0.25, 0.3) is 22.3 Å². The molecule has 4 rings (SSSR count). The zero-order chi connectivity index (χ0) is 20.0. The number of aliphatic hydroxyl groups excluding tert-OH is 1. The van der Waals surface area contributed by atoms with E-state index in [1.807, 2.05) is 11.9 Å². The molecular weight excluding hydrogens is 360 g/mol. The highest BCUT2D eigenvalue weighted by molar-refractivity contribution is 5.89. The van der Waals surface area contributed by atoms with E-state index in [9.17, 15) is 20.1 Å². The monoisotopic (exact) mass is 382 g/mol. The molecule has 1 aliphatic rings. The van der Waals surface area contributed by atoms with E-state index in [-0.39, 0.29) is 41.0 Å². The Morgan fingerprint density at radius 2 is 1.89 bits per heavy atom. The van der Waals surface area contributed by atoms with Crippen LogP contribution < -0.4 is 11.2 Å². The summed E-state index contributed by atoms with van der Waals surface area (Å²) in [5.41, 5.74) is 7.15. The molecule has 0 saturated carbocycles. The minimum Gasteiger partial charge on any atom is -0.507 e. The van der Waals surface area contributed by atoms with E-state index in [1.54, 1.807) is 24.3 Å². The number of benzene rings is 2. The molecule has 0 unspecified atom stereocenters. The second kappa shape index (κ2) is 6.85. The summed E-state index contributed by atoms with van der Waals surface area (Å²) in [6.07, 6.45) is 0.685. The van der Waals surface area contributed by atoms with Crippen molar-refractivity contribution in [2.24, 2.45) is 0 Å². The van der Waals surface area contributed by atoms with Crippen molar-refractivity contribution in [3.05, 3.63) is 52.2 Å². The van der Waals surface area contributed by atoms with Gasteiger partial charge in [0.2, 0.25) is 0 Å². The van der Waals surface area contributed by atoms with Gasteiger partial charge in [0.05, 0.1) is 6.61 Å². The van der Waals surface area contributed by atoms with E-state index in [4.69, 9.17) is 10.2 Å². The Balaban J connectivity index is 1.99. The standard InChI is InChI=1S/C21H22N2O5/c1-23-7-6-13(14(23)10-24)19-15(25)8-16(26)20-17(27)9-18(28-21(19)20)11-2-4-12(22)5-3-11/h2-5,8-9,13-14,24-26H,6-7,10,22H2,1H3/t13-,14+/m1/s1. The third-order valence-electron chi connectivity index (χ3n) is 5.57. The van der Waals surface area contributed by atoms with Gasteiger partial charge in [-0.1, -0.05) is 0 Å². The number of likely N-dealkylation sites (N-methyl/N-ethyl adjacent to an activating group) is 1. The largest absolute Gasteiger partial charge is 0.507 e. The maximum absolute atomic E-state index is 12.8. The molecule has 2 aromatic carbocycles. The highest BCUT2D eigenvalue weighted by Gasteiger charge is 2.36. The molecule has 0 bridgehead atoms. The quantitative estimate of drug-likeness (QED) is 0.513. The molecule has 0 amide bonds. The number of nitrogens with two attached hydrogens (primary N) is 1. The van der Waals surface area contributed by atoms with Crippen molar-refractivity contribution >= 4 is 16.7 Å². The summed E-state index contributed by atoms with van der Waals surface area (Å²) in [5, 5.41) is 30.7. The number of nitrogen functional groups attached to an aromatic ring is 1. The van der Waals surface area contributed by atoms with Crippen LogP contribution in [0.4, 0.5) is 5.69 Å². The molecule has 7 heteroatoms. The maximum atomic E-state index is 12.8. The van der Waals surface area contributed by atoms with E-state index in [0.29, 0.717) is 29.0 Å². The number of anilines is 1. The number of aromatic hydroxyl groups is 2. The zero-order valence-corrected chi connectivity index (χ0v) is 15.4. The summed E-state index contributed by atoms with van der Waals surface area (Å²) in [6, 6.07) is 9.15. The van der Waals surface area contributed by atoms with Crippen LogP contribution in [-0.2, 0) is 0 Å². The second-order valence-corrected chi connectivity index (χ2v) is 7.26.